The molecule has 2 aromatic rings. The Balaban J connectivity index is 1.95. The van der Waals surface area contributed by atoms with Gasteiger partial charge in [0.2, 0.25) is 0 Å². The average molecular weight is 253 g/mol. The van der Waals surface area contributed by atoms with Crippen molar-refractivity contribution >= 4 is 17.2 Å². The van der Waals surface area contributed by atoms with E-state index in [1.54, 1.807) is 5.38 Å². The van der Waals surface area contributed by atoms with Gasteiger partial charge in [-0.2, -0.15) is 5.21 Å². The lowest BCUT2D eigenvalue weighted by Gasteiger charge is -1.99. The fourth-order valence-electron chi connectivity index (χ4n) is 1.11. The second-order valence-corrected chi connectivity index (χ2v) is 4.26. The minimum Gasteiger partial charge on any atom is -0.343 e. The first kappa shape index (κ1) is 11.6. The molecule has 0 bridgehead atoms. The fraction of sp³-hybridized carbons (Fsp3) is 0.375. The summed E-state index contributed by atoms with van der Waals surface area (Å²) < 4.78 is 0. The zero-order valence-corrected chi connectivity index (χ0v) is 9.86. The van der Waals surface area contributed by atoms with Crippen molar-refractivity contribution in [2.75, 3.05) is 0 Å². The molecule has 17 heavy (non-hydrogen) atoms. The van der Waals surface area contributed by atoms with Gasteiger partial charge in [0.25, 0.3) is 5.91 Å². The number of hydrogen-bond donors (Lipinski definition) is 3. The van der Waals surface area contributed by atoms with Crippen molar-refractivity contribution in [1.82, 2.24) is 30.9 Å². The number of amides is 1. The number of carbonyl (C=O) groups excluding carboxylic acids is 1. The molecule has 1 atom stereocenters. The van der Waals surface area contributed by atoms with Crippen molar-refractivity contribution in [3.05, 3.63) is 21.9 Å². The van der Waals surface area contributed by atoms with Crippen LogP contribution in [0.15, 0.2) is 5.38 Å². The predicted octanol–water partition coefficient (Wildman–Crippen LogP) is -0.394. The third-order valence-electron chi connectivity index (χ3n) is 1.94. The Morgan fingerprint density at radius 1 is 1.71 bits per heavy atom. The number of carbonyl (C=O) groups is 1. The van der Waals surface area contributed by atoms with E-state index in [2.05, 4.69) is 30.9 Å². The average Bonchev–Trinajstić information content (AvgIpc) is 2.96. The van der Waals surface area contributed by atoms with E-state index in [0.29, 0.717) is 11.5 Å². The molecule has 1 amide bonds. The van der Waals surface area contributed by atoms with Crippen LogP contribution in [0.3, 0.4) is 0 Å². The molecule has 2 rings (SSSR count). The number of thiazole rings is 1. The highest BCUT2D eigenvalue weighted by atomic mass is 32.1. The fourth-order valence-corrected chi connectivity index (χ4v) is 1.87. The third-order valence-corrected chi connectivity index (χ3v) is 2.99. The van der Waals surface area contributed by atoms with Gasteiger partial charge in [0.1, 0.15) is 10.7 Å². The molecule has 4 N–H and O–H groups in total. The van der Waals surface area contributed by atoms with E-state index in [1.807, 2.05) is 6.92 Å². The molecule has 9 heteroatoms. The van der Waals surface area contributed by atoms with Crippen LogP contribution in [0, 0.1) is 0 Å². The highest BCUT2D eigenvalue weighted by Gasteiger charge is 2.12. The summed E-state index contributed by atoms with van der Waals surface area (Å²) in [5, 5.41) is 18.1. The lowest BCUT2D eigenvalue weighted by Crippen LogP contribution is -2.24. The molecule has 0 radical (unpaired) electrons. The minimum atomic E-state index is -0.280. The SMILES string of the molecule is CC(N)c1nc(C(=O)NCc2nn[nH]n2)cs1. The molecular formula is C8H11N7OS. The van der Waals surface area contributed by atoms with E-state index in [9.17, 15) is 4.79 Å². The second-order valence-electron chi connectivity index (χ2n) is 3.37. The Hall–Kier alpha value is -1.87. The van der Waals surface area contributed by atoms with Crippen LogP contribution in [-0.4, -0.2) is 31.5 Å². The van der Waals surface area contributed by atoms with E-state index in [4.69, 9.17) is 5.73 Å². The maximum Gasteiger partial charge on any atom is 0.271 e. The van der Waals surface area contributed by atoms with Crippen LogP contribution in [-0.2, 0) is 6.54 Å². The Morgan fingerprint density at radius 3 is 3.12 bits per heavy atom. The van der Waals surface area contributed by atoms with Gasteiger partial charge in [-0.25, -0.2) is 4.98 Å². The molecule has 0 aliphatic heterocycles. The summed E-state index contributed by atoms with van der Waals surface area (Å²) in [6.07, 6.45) is 0. The van der Waals surface area contributed by atoms with E-state index < -0.39 is 0 Å². The van der Waals surface area contributed by atoms with Crippen molar-refractivity contribution in [2.45, 2.75) is 19.5 Å². The topological polar surface area (TPSA) is 122 Å². The summed E-state index contributed by atoms with van der Waals surface area (Å²) in [6.45, 7) is 2.03. The molecule has 0 saturated carbocycles. The van der Waals surface area contributed by atoms with Crippen molar-refractivity contribution in [3.63, 3.8) is 0 Å². The number of nitrogens with one attached hydrogen (secondary N) is 2. The molecular weight excluding hydrogens is 242 g/mol. The molecule has 0 fully saturated rings. The summed E-state index contributed by atoms with van der Waals surface area (Å²) in [6, 6.07) is -0.168. The standard InChI is InChI=1S/C8H11N7OS/c1-4(9)8-11-5(3-17-8)7(16)10-2-6-12-14-15-13-6/h3-4H,2,9H2,1H3,(H,10,16)(H,12,13,14,15). The van der Waals surface area contributed by atoms with E-state index in [-0.39, 0.29) is 18.5 Å². The van der Waals surface area contributed by atoms with Crippen LogP contribution in [0.1, 0.15) is 34.3 Å². The predicted molar refractivity (Wildman–Crippen MR) is 60.1 cm³/mol. The van der Waals surface area contributed by atoms with Gasteiger partial charge >= 0.3 is 0 Å². The molecule has 2 aromatic heterocycles. The summed E-state index contributed by atoms with van der Waals surface area (Å²) in [4.78, 5) is 15.8. The molecule has 0 spiro atoms. The number of nitrogens with zero attached hydrogens (tertiary/aromatic N) is 4. The van der Waals surface area contributed by atoms with Gasteiger partial charge in [0.15, 0.2) is 5.82 Å². The quantitative estimate of drug-likeness (QED) is 0.681. The van der Waals surface area contributed by atoms with Gasteiger partial charge in [-0.15, -0.1) is 21.5 Å². The van der Waals surface area contributed by atoms with Gasteiger partial charge in [-0.1, -0.05) is 5.21 Å². The van der Waals surface area contributed by atoms with Crippen molar-refractivity contribution in [2.24, 2.45) is 5.73 Å². The molecule has 0 aliphatic carbocycles. The molecule has 0 saturated heterocycles. The van der Waals surface area contributed by atoms with Crippen molar-refractivity contribution in [3.8, 4) is 0 Å². The first-order chi connectivity index (χ1) is 8.16. The monoisotopic (exact) mass is 253 g/mol. The first-order valence-corrected chi connectivity index (χ1v) is 5.76. The van der Waals surface area contributed by atoms with Crippen LogP contribution in [0.2, 0.25) is 0 Å². The van der Waals surface area contributed by atoms with Crippen molar-refractivity contribution in [1.29, 1.82) is 0 Å². The van der Waals surface area contributed by atoms with Crippen LogP contribution in [0.5, 0.6) is 0 Å². The number of hydrogen-bond acceptors (Lipinski definition) is 7. The molecule has 8 nitrogen and oxygen atoms in total. The minimum absolute atomic E-state index is 0.168. The molecule has 90 valence electrons. The van der Waals surface area contributed by atoms with E-state index >= 15 is 0 Å². The number of aromatic amines is 1. The number of nitrogens with two attached hydrogens (primary N) is 1. The Kier molecular flexibility index (Phi) is 3.40. The second kappa shape index (κ2) is 4.97. The summed E-state index contributed by atoms with van der Waals surface area (Å²) in [5.74, 6) is 0.138. The van der Waals surface area contributed by atoms with Crippen LogP contribution in [0.25, 0.3) is 0 Å². The van der Waals surface area contributed by atoms with Crippen LogP contribution >= 0.6 is 11.3 Å². The number of aromatic nitrogens is 5. The van der Waals surface area contributed by atoms with Gasteiger partial charge in [0, 0.05) is 5.38 Å². The zero-order chi connectivity index (χ0) is 12.3. The Labute approximate surface area is 101 Å². The van der Waals surface area contributed by atoms with Crippen LogP contribution < -0.4 is 11.1 Å². The smallest absolute Gasteiger partial charge is 0.271 e. The molecule has 0 aromatic carbocycles. The zero-order valence-electron chi connectivity index (χ0n) is 9.04. The van der Waals surface area contributed by atoms with E-state index in [1.165, 1.54) is 11.3 Å². The highest BCUT2D eigenvalue weighted by molar-refractivity contribution is 7.09. The highest BCUT2D eigenvalue weighted by Crippen LogP contribution is 2.15. The molecule has 0 aliphatic rings. The lowest BCUT2D eigenvalue weighted by molar-refractivity contribution is 0.0945. The number of H-pyrrole nitrogens is 1. The van der Waals surface area contributed by atoms with Gasteiger partial charge < -0.3 is 11.1 Å². The third kappa shape index (κ3) is 2.82. The summed E-state index contributed by atoms with van der Waals surface area (Å²) in [7, 11) is 0. The van der Waals surface area contributed by atoms with E-state index in [0.717, 1.165) is 5.01 Å². The molecule has 1 unspecified atom stereocenters. The molecule has 2 heterocycles. The van der Waals surface area contributed by atoms with Gasteiger partial charge in [-0.05, 0) is 6.92 Å². The van der Waals surface area contributed by atoms with Gasteiger partial charge in [0.05, 0.1) is 12.6 Å². The Bertz CT molecular complexity index is 492. The largest absolute Gasteiger partial charge is 0.343 e. The summed E-state index contributed by atoms with van der Waals surface area (Å²) >= 11 is 1.36. The Morgan fingerprint density at radius 2 is 2.53 bits per heavy atom. The number of tetrazole rings is 1. The van der Waals surface area contributed by atoms with Crippen LogP contribution in [0.4, 0.5) is 0 Å². The number of rotatable bonds is 4. The maximum absolute atomic E-state index is 11.7. The summed E-state index contributed by atoms with van der Waals surface area (Å²) in [5.41, 5.74) is 6.01. The maximum atomic E-state index is 11.7. The normalized spacial score (nSPS) is 12.4. The van der Waals surface area contributed by atoms with Crippen molar-refractivity contribution < 1.29 is 4.79 Å². The lowest BCUT2D eigenvalue weighted by atomic mass is 10.4. The first-order valence-electron chi connectivity index (χ1n) is 4.88. The van der Waals surface area contributed by atoms with Gasteiger partial charge in [-0.3, -0.25) is 4.79 Å².